The smallest absolute Gasteiger partial charge is 0.251 e. The van der Waals surface area contributed by atoms with Gasteiger partial charge in [0.1, 0.15) is 0 Å². The van der Waals surface area contributed by atoms with Crippen molar-refractivity contribution in [3.63, 3.8) is 0 Å². The van der Waals surface area contributed by atoms with Gasteiger partial charge in [0.05, 0.1) is 12.9 Å². The van der Waals surface area contributed by atoms with Gasteiger partial charge in [-0.2, -0.15) is 0 Å². The number of amides is 1. The Morgan fingerprint density at radius 3 is 2.52 bits per heavy atom. The van der Waals surface area contributed by atoms with Crippen LogP contribution in [-0.2, 0) is 4.74 Å². The summed E-state index contributed by atoms with van der Waals surface area (Å²) in [4.78, 5) is 15.9. The quantitative estimate of drug-likeness (QED) is 0.702. The highest BCUT2D eigenvalue weighted by Crippen LogP contribution is 2.09. The van der Waals surface area contributed by atoms with Crippen molar-refractivity contribution in [2.45, 2.75) is 0 Å². The maximum atomic E-state index is 11.9. The molecular weight excluding hydrogens is 339 g/mol. The van der Waals surface area contributed by atoms with Crippen LogP contribution in [0, 0.1) is 0 Å². The molecular formula is C15H22Cl2N4O2. The molecule has 2 aromatic rings. The molecule has 8 heteroatoms. The largest absolute Gasteiger partial charge is 0.383 e. The molecule has 6 nitrogen and oxygen atoms in total. The third kappa shape index (κ3) is 7.00. The topological polar surface area (TPSA) is 68.2 Å². The lowest BCUT2D eigenvalue weighted by atomic mass is 10.2. The molecule has 0 aliphatic rings. The second-order valence-electron chi connectivity index (χ2n) is 4.52. The highest BCUT2D eigenvalue weighted by atomic mass is 35.5. The van der Waals surface area contributed by atoms with Crippen LogP contribution in [-0.4, -0.2) is 48.8 Å². The number of hydrogen-bond acceptors (Lipinski definition) is 4. The van der Waals surface area contributed by atoms with E-state index < -0.39 is 0 Å². The van der Waals surface area contributed by atoms with E-state index in [1.54, 1.807) is 19.6 Å². The molecule has 2 N–H and O–H groups in total. The standard InChI is InChI=1S/C15H20N4O2.2ClH/c1-21-11-9-16-6-7-18-15(20)13-2-4-14(5-3-13)19-10-8-17-12-19;;/h2-5,8,10,12,16H,6-7,9,11H2,1H3,(H,18,20);2*1H. The van der Waals surface area contributed by atoms with Crippen LogP contribution in [0.3, 0.4) is 0 Å². The number of rotatable bonds is 8. The van der Waals surface area contributed by atoms with Gasteiger partial charge in [0.15, 0.2) is 0 Å². The highest BCUT2D eigenvalue weighted by molar-refractivity contribution is 5.94. The van der Waals surface area contributed by atoms with Crippen LogP contribution < -0.4 is 10.6 Å². The summed E-state index contributed by atoms with van der Waals surface area (Å²) in [6.07, 6.45) is 5.30. The zero-order chi connectivity index (χ0) is 14.9. The Balaban J connectivity index is 0.00000242. The van der Waals surface area contributed by atoms with Crippen LogP contribution in [0.2, 0.25) is 0 Å². The summed E-state index contributed by atoms with van der Waals surface area (Å²) in [5.41, 5.74) is 1.63. The Labute approximate surface area is 148 Å². The van der Waals surface area contributed by atoms with E-state index >= 15 is 0 Å². The molecule has 1 amide bonds. The van der Waals surface area contributed by atoms with E-state index in [9.17, 15) is 4.79 Å². The SMILES string of the molecule is COCCNCCNC(=O)c1ccc(-n2ccnc2)cc1.Cl.Cl. The first-order valence-corrected chi connectivity index (χ1v) is 6.87. The predicted molar refractivity (Wildman–Crippen MR) is 95.1 cm³/mol. The lowest BCUT2D eigenvalue weighted by Crippen LogP contribution is -2.33. The number of methoxy groups -OCH3 is 1. The van der Waals surface area contributed by atoms with Crippen molar-refractivity contribution >= 4 is 30.7 Å². The van der Waals surface area contributed by atoms with Gasteiger partial charge in [-0.05, 0) is 24.3 Å². The van der Waals surface area contributed by atoms with Gasteiger partial charge in [0, 0.05) is 50.4 Å². The Morgan fingerprint density at radius 2 is 1.91 bits per heavy atom. The summed E-state index contributed by atoms with van der Waals surface area (Å²) >= 11 is 0. The maximum absolute atomic E-state index is 11.9. The third-order valence-electron chi connectivity index (χ3n) is 3.00. The van der Waals surface area contributed by atoms with E-state index in [1.807, 2.05) is 35.0 Å². The monoisotopic (exact) mass is 360 g/mol. The van der Waals surface area contributed by atoms with Gasteiger partial charge in [-0.1, -0.05) is 0 Å². The molecule has 1 heterocycles. The Kier molecular flexibility index (Phi) is 11.1. The number of aromatic nitrogens is 2. The molecule has 0 radical (unpaired) electrons. The average Bonchev–Trinajstić information content (AvgIpc) is 3.05. The number of carbonyl (C=O) groups is 1. The zero-order valence-electron chi connectivity index (χ0n) is 12.9. The first-order valence-electron chi connectivity index (χ1n) is 6.87. The number of nitrogens with one attached hydrogen (secondary N) is 2. The predicted octanol–water partition coefficient (Wildman–Crippen LogP) is 1.68. The van der Waals surface area contributed by atoms with Crippen LogP contribution in [0.15, 0.2) is 43.0 Å². The summed E-state index contributed by atoms with van der Waals surface area (Å²) < 4.78 is 6.81. The number of benzene rings is 1. The van der Waals surface area contributed by atoms with Crippen molar-refractivity contribution in [2.24, 2.45) is 0 Å². The number of imidazole rings is 1. The molecule has 0 aliphatic carbocycles. The fourth-order valence-corrected chi connectivity index (χ4v) is 1.86. The van der Waals surface area contributed by atoms with Crippen LogP contribution in [0.25, 0.3) is 5.69 Å². The van der Waals surface area contributed by atoms with Crippen molar-refractivity contribution in [3.8, 4) is 5.69 Å². The normalized spacial score (nSPS) is 9.61. The summed E-state index contributed by atoms with van der Waals surface area (Å²) in [5, 5.41) is 6.04. The fraction of sp³-hybridized carbons (Fsp3) is 0.333. The van der Waals surface area contributed by atoms with E-state index in [2.05, 4.69) is 15.6 Å². The molecule has 0 fully saturated rings. The first-order chi connectivity index (χ1) is 10.3. The van der Waals surface area contributed by atoms with Gasteiger partial charge >= 0.3 is 0 Å². The molecule has 0 spiro atoms. The second-order valence-corrected chi connectivity index (χ2v) is 4.52. The van der Waals surface area contributed by atoms with E-state index in [0.29, 0.717) is 18.7 Å². The Morgan fingerprint density at radius 1 is 1.17 bits per heavy atom. The van der Waals surface area contributed by atoms with Crippen LogP contribution in [0.1, 0.15) is 10.4 Å². The van der Waals surface area contributed by atoms with Crippen molar-refractivity contribution in [1.82, 2.24) is 20.2 Å². The summed E-state index contributed by atoms with van der Waals surface area (Å²) in [6.45, 7) is 2.77. The highest BCUT2D eigenvalue weighted by Gasteiger charge is 2.04. The summed E-state index contributed by atoms with van der Waals surface area (Å²) in [7, 11) is 1.66. The van der Waals surface area contributed by atoms with E-state index in [1.165, 1.54) is 0 Å². The van der Waals surface area contributed by atoms with Crippen molar-refractivity contribution in [1.29, 1.82) is 0 Å². The lowest BCUT2D eigenvalue weighted by Gasteiger charge is -2.07. The van der Waals surface area contributed by atoms with Crippen LogP contribution in [0.5, 0.6) is 0 Å². The summed E-state index contributed by atoms with van der Waals surface area (Å²) in [5.74, 6) is -0.0688. The fourth-order valence-electron chi connectivity index (χ4n) is 1.86. The van der Waals surface area contributed by atoms with Gasteiger partial charge in [-0.3, -0.25) is 4.79 Å². The van der Waals surface area contributed by atoms with Crippen LogP contribution >= 0.6 is 24.8 Å². The van der Waals surface area contributed by atoms with Gasteiger partial charge in [0.25, 0.3) is 5.91 Å². The molecule has 2 rings (SSSR count). The van der Waals surface area contributed by atoms with E-state index in [0.717, 1.165) is 18.8 Å². The van der Waals surface area contributed by atoms with E-state index in [4.69, 9.17) is 4.74 Å². The molecule has 1 aromatic heterocycles. The molecule has 0 saturated carbocycles. The number of ether oxygens (including phenoxy) is 1. The van der Waals surface area contributed by atoms with Crippen molar-refractivity contribution in [3.05, 3.63) is 48.5 Å². The minimum atomic E-state index is -0.0688. The first kappa shape index (κ1) is 21.4. The summed E-state index contributed by atoms with van der Waals surface area (Å²) in [6, 6.07) is 7.41. The van der Waals surface area contributed by atoms with Gasteiger partial charge in [0.2, 0.25) is 0 Å². The minimum absolute atomic E-state index is 0. The third-order valence-corrected chi connectivity index (χ3v) is 3.00. The molecule has 0 atom stereocenters. The molecule has 23 heavy (non-hydrogen) atoms. The second kappa shape index (κ2) is 11.9. The van der Waals surface area contributed by atoms with Crippen molar-refractivity contribution < 1.29 is 9.53 Å². The molecule has 128 valence electrons. The average molecular weight is 361 g/mol. The van der Waals surface area contributed by atoms with Gasteiger partial charge in [-0.25, -0.2) is 4.98 Å². The molecule has 0 unspecified atom stereocenters. The van der Waals surface area contributed by atoms with E-state index in [-0.39, 0.29) is 30.7 Å². The Hall–Kier alpha value is -1.60. The molecule has 1 aromatic carbocycles. The zero-order valence-corrected chi connectivity index (χ0v) is 14.5. The number of halogens is 2. The van der Waals surface area contributed by atoms with Gasteiger partial charge < -0.3 is 19.9 Å². The Bertz CT molecular complexity index is 547. The molecule has 0 bridgehead atoms. The van der Waals surface area contributed by atoms with Gasteiger partial charge in [-0.15, -0.1) is 24.8 Å². The molecule has 0 aliphatic heterocycles. The number of carbonyl (C=O) groups excluding carboxylic acids is 1. The van der Waals surface area contributed by atoms with Crippen LogP contribution in [0.4, 0.5) is 0 Å². The van der Waals surface area contributed by atoms with Crippen molar-refractivity contribution in [2.75, 3.05) is 33.4 Å². The maximum Gasteiger partial charge on any atom is 0.251 e. The number of hydrogen-bond donors (Lipinski definition) is 2. The minimum Gasteiger partial charge on any atom is -0.383 e. The number of nitrogens with zero attached hydrogens (tertiary/aromatic N) is 2. The lowest BCUT2D eigenvalue weighted by molar-refractivity contribution is 0.0953. The molecule has 0 saturated heterocycles.